The second-order valence-corrected chi connectivity index (χ2v) is 5.80. The Bertz CT molecular complexity index is 708. The summed E-state index contributed by atoms with van der Waals surface area (Å²) in [6.45, 7) is 2.64. The molecule has 0 fully saturated rings. The predicted octanol–water partition coefficient (Wildman–Crippen LogP) is 1.55. The Morgan fingerprint density at radius 2 is 2.15 bits per heavy atom. The molecular formula is C10H12F2N4O3S. The molecule has 0 radical (unpaired) electrons. The van der Waals surface area contributed by atoms with E-state index in [4.69, 9.17) is 4.52 Å². The lowest BCUT2D eigenvalue weighted by Gasteiger charge is -2.02. The number of halogens is 2. The van der Waals surface area contributed by atoms with Crippen molar-refractivity contribution in [3.63, 3.8) is 0 Å². The molecule has 0 bridgehead atoms. The first kappa shape index (κ1) is 14.4. The van der Waals surface area contributed by atoms with Crippen molar-refractivity contribution < 1.29 is 21.7 Å². The van der Waals surface area contributed by atoms with Gasteiger partial charge in [0.25, 0.3) is 16.4 Å². The SMILES string of the molecule is Cc1noc(NS(=O)(=O)c2cnn(CC(F)F)c2)c1C. The smallest absolute Gasteiger partial charge is 0.267 e. The van der Waals surface area contributed by atoms with Crippen molar-refractivity contribution in [3.05, 3.63) is 23.7 Å². The minimum Gasteiger partial charge on any atom is -0.337 e. The number of aromatic nitrogens is 3. The summed E-state index contributed by atoms with van der Waals surface area (Å²) >= 11 is 0. The van der Waals surface area contributed by atoms with Gasteiger partial charge in [-0.3, -0.25) is 4.68 Å². The molecular weight excluding hydrogens is 294 g/mol. The monoisotopic (exact) mass is 306 g/mol. The van der Waals surface area contributed by atoms with Gasteiger partial charge in [-0.05, 0) is 13.8 Å². The van der Waals surface area contributed by atoms with Crippen LogP contribution in [0.3, 0.4) is 0 Å². The van der Waals surface area contributed by atoms with Crippen LogP contribution in [0.2, 0.25) is 0 Å². The molecule has 1 N–H and O–H groups in total. The first-order chi connectivity index (χ1) is 9.29. The fourth-order valence-corrected chi connectivity index (χ4v) is 2.41. The zero-order chi connectivity index (χ0) is 14.9. The molecule has 0 aliphatic heterocycles. The largest absolute Gasteiger partial charge is 0.337 e. The van der Waals surface area contributed by atoms with Crippen molar-refractivity contribution >= 4 is 15.9 Å². The summed E-state index contributed by atoms with van der Waals surface area (Å²) < 4.78 is 56.3. The predicted molar refractivity (Wildman–Crippen MR) is 65.0 cm³/mol. The first-order valence-electron chi connectivity index (χ1n) is 5.56. The Labute approximate surface area is 113 Å². The van der Waals surface area contributed by atoms with E-state index in [9.17, 15) is 17.2 Å². The van der Waals surface area contributed by atoms with Crippen molar-refractivity contribution in [2.75, 3.05) is 4.72 Å². The van der Waals surface area contributed by atoms with E-state index < -0.39 is 23.0 Å². The van der Waals surface area contributed by atoms with E-state index >= 15 is 0 Å². The van der Waals surface area contributed by atoms with Crippen LogP contribution in [0, 0.1) is 13.8 Å². The van der Waals surface area contributed by atoms with Gasteiger partial charge in [-0.2, -0.15) is 5.10 Å². The van der Waals surface area contributed by atoms with Gasteiger partial charge in [0.05, 0.1) is 11.9 Å². The summed E-state index contributed by atoms with van der Waals surface area (Å²) in [5, 5.41) is 7.18. The van der Waals surface area contributed by atoms with Crippen molar-refractivity contribution in [2.45, 2.75) is 31.7 Å². The van der Waals surface area contributed by atoms with Crippen molar-refractivity contribution in [1.82, 2.24) is 14.9 Å². The lowest BCUT2D eigenvalue weighted by Crippen LogP contribution is -2.13. The van der Waals surface area contributed by atoms with Crippen LogP contribution in [-0.4, -0.2) is 29.8 Å². The van der Waals surface area contributed by atoms with E-state index in [0.29, 0.717) is 11.3 Å². The number of hydrogen-bond donors (Lipinski definition) is 1. The summed E-state index contributed by atoms with van der Waals surface area (Å²) in [6.07, 6.45) is -0.603. The molecule has 2 aromatic heterocycles. The third-order valence-electron chi connectivity index (χ3n) is 2.63. The molecule has 7 nitrogen and oxygen atoms in total. The summed E-state index contributed by atoms with van der Waals surface area (Å²) in [5.74, 6) is -0.0101. The summed E-state index contributed by atoms with van der Waals surface area (Å²) in [7, 11) is -3.95. The molecule has 20 heavy (non-hydrogen) atoms. The van der Waals surface area contributed by atoms with Gasteiger partial charge in [0.15, 0.2) is 0 Å². The van der Waals surface area contributed by atoms with Crippen LogP contribution in [0.15, 0.2) is 21.8 Å². The van der Waals surface area contributed by atoms with E-state index in [2.05, 4.69) is 15.0 Å². The maximum Gasteiger partial charge on any atom is 0.267 e. The van der Waals surface area contributed by atoms with Gasteiger partial charge in [0.2, 0.25) is 5.88 Å². The van der Waals surface area contributed by atoms with E-state index in [1.165, 1.54) is 0 Å². The van der Waals surface area contributed by atoms with Crippen molar-refractivity contribution in [2.24, 2.45) is 0 Å². The molecule has 0 spiro atoms. The fourth-order valence-electron chi connectivity index (χ4n) is 1.42. The summed E-state index contributed by atoms with van der Waals surface area (Å²) in [6, 6.07) is 0. The second kappa shape index (κ2) is 5.19. The van der Waals surface area contributed by atoms with E-state index in [1.807, 2.05) is 0 Å². The molecule has 0 aliphatic carbocycles. The number of aryl methyl sites for hydroxylation is 1. The molecule has 0 aliphatic rings. The fraction of sp³-hybridized carbons (Fsp3) is 0.400. The third-order valence-corrected chi connectivity index (χ3v) is 3.91. The van der Waals surface area contributed by atoms with Gasteiger partial charge in [-0.25, -0.2) is 21.9 Å². The molecule has 2 aromatic rings. The maximum atomic E-state index is 12.2. The number of hydrogen-bond acceptors (Lipinski definition) is 5. The molecule has 0 aromatic carbocycles. The average Bonchev–Trinajstić information content (AvgIpc) is 2.91. The van der Waals surface area contributed by atoms with E-state index in [0.717, 1.165) is 17.1 Å². The van der Waals surface area contributed by atoms with Gasteiger partial charge in [0.1, 0.15) is 11.4 Å². The zero-order valence-corrected chi connectivity index (χ0v) is 11.5. The molecule has 0 saturated heterocycles. The van der Waals surface area contributed by atoms with Gasteiger partial charge in [-0.15, -0.1) is 0 Å². The number of rotatable bonds is 5. The maximum absolute atomic E-state index is 12.2. The van der Waals surface area contributed by atoms with E-state index in [-0.39, 0.29) is 10.8 Å². The molecule has 10 heteroatoms. The molecule has 0 unspecified atom stereocenters. The van der Waals surface area contributed by atoms with Crippen molar-refractivity contribution in [3.8, 4) is 0 Å². The molecule has 0 amide bonds. The summed E-state index contributed by atoms with van der Waals surface area (Å²) in [4.78, 5) is -0.230. The van der Waals surface area contributed by atoms with Gasteiger partial charge >= 0.3 is 0 Å². The van der Waals surface area contributed by atoms with Crippen LogP contribution in [0.1, 0.15) is 11.3 Å². The number of nitrogens with zero attached hydrogens (tertiary/aromatic N) is 3. The number of anilines is 1. The van der Waals surface area contributed by atoms with Crippen LogP contribution in [0.4, 0.5) is 14.7 Å². The van der Waals surface area contributed by atoms with Crippen LogP contribution in [0.25, 0.3) is 0 Å². The minimum atomic E-state index is -3.95. The Balaban J connectivity index is 2.22. The first-order valence-corrected chi connectivity index (χ1v) is 7.04. The van der Waals surface area contributed by atoms with E-state index in [1.54, 1.807) is 13.8 Å². The van der Waals surface area contributed by atoms with Gasteiger partial charge < -0.3 is 4.52 Å². The highest BCUT2D eigenvalue weighted by Gasteiger charge is 2.21. The Hall–Kier alpha value is -1.97. The lowest BCUT2D eigenvalue weighted by molar-refractivity contribution is 0.121. The van der Waals surface area contributed by atoms with Crippen LogP contribution < -0.4 is 4.72 Å². The van der Waals surface area contributed by atoms with Crippen LogP contribution >= 0.6 is 0 Å². The highest BCUT2D eigenvalue weighted by Crippen LogP contribution is 2.21. The number of sulfonamides is 1. The summed E-state index contributed by atoms with van der Waals surface area (Å²) in [5.41, 5.74) is 1.10. The standard InChI is InChI=1S/C10H12F2N4O3S/c1-6-7(2)14-19-10(6)15-20(17,18)8-3-13-16(4-8)5-9(11)12/h3-4,9,15H,5H2,1-2H3. The van der Waals surface area contributed by atoms with Crippen LogP contribution in [-0.2, 0) is 16.6 Å². The third kappa shape index (κ3) is 2.95. The topological polar surface area (TPSA) is 90.0 Å². The lowest BCUT2D eigenvalue weighted by atomic mass is 10.3. The Morgan fingerprint density at radius 3 is 2.70 bits per heavy atom. The quantitative estimate of drug-likeness (QED) is 0.905. The highest BCUT2D eigenvalue weighted by molar-refractivity contribution is 7.92. The Kier molecular flexibility index (Phi) is 3.75. The molecule has 0 saturated carbocycles. The highest BCUT2D eigenvalue weighted by atomic mass is 32.2. The average molecular weight is 306 g/mol. The molecule has 110 valence electrons. The second-order valence-electron chi connectivity index (χ2n) is 4.12. The normalized spacial score (nSPS) is 12.1. The number of nitrogens with one attached hydrogen (secondary N) is 1. The Morgan fingerprint density at radius 1 is 1.45 bits per heavy atom. The van der Waals surface area contributed by atoms with Gasteiger partial charge in [-0.1, -0.05) is 5.16 Å². The zero-order valence-electron chi connectivity index (χ0n) is 10.7. The minimum absolute atomic E-state index is 0.0101. The number of alkyl halides is 2. The molecule has 2 rings (SSSR count). The van der Waals surface area contributed by atoms with Crippen LogP contribution in [0.5, 0.6) is 0 Å². The van der Waals surface area contributed by atoms with Gasteiger partial charge in [0, 0.05) is 11.8 Å². The molecule has 0 atom stereocenters. The van der Waals surface area contributed by atoms with Crippen molar-refractivity contribution in [1.29, 1.82) is 0 Å². The molecule has 2 heterocycles.